The lowest BCUT2D eigenvalue weighted by atomic mass is 9.93. The normalized spacial score (nSPS) is 15.7. The van der Waals surface area contributed by atoms with Crippen LogP contribution in [0.25, 0.3) is 23.8 Å². The van der Waals surface area contributed by atoms with Crippen molar-refractivity contribution in [2.24, 2.45) is 11.5 Å². The van der Waals surface area contributed by atoms with E-state index in [2.05, 4.69) is 9.97 Å². The molecule has 8 heteroatoms. The number of carbonyl (C=O) groups excluding carboxylic acids is 4. The smallest absolute Gasteiger partial charge is 0.237 e. The van der Waals surface area contributed by atoms with E-state index in [1.54, 1.807) is 6.20 Å². The van der Waals surface area contributed by atoms with Crippen LogP contribution in [0.15, 0.2) is 6.20 Å². The van der Waals surface area contributed by atoms with E-state index < -0.39 is 23.1 Å². The lowest BCUT2D eigenvalue weighted by Crippen LogP contribution is -2.39. The van der Waals surface area contributed by atoms with Crippen LogP contribution in [0.1, 0.15) is 16.8 Å². The van der Waals surface area contributed by atoms with E-state index in [0.717, 1.165) is 5.56 Å². The van der Waals surface area contributed by atoms with Crippen LogP contribution >= 0.6 is 0 Å². The minimum absolute atomic E-state index is 0.185. The van der Waals surface area contributed by atoms with Crippen molar-refractivity contribution in [1.82, 2.24) is 9.97 Å². The van der Waals surface area contributed by atoms with Crippen molar-refractivity contribution >= 4 is 46.9 Å². The molecule has 0 bridgehead atoms. The molecule has 6 N–H and O–H groups in total. The molecule has 0 amide bonds. The highest BCUT2D eigenvalue weighted by Crippen LogP contribution is 2.15. The van der Waals surface area contributed by atoms with Crippen LogP contribution in [0, 0.1) is 0 Å². The summed E-state index contributed by atoms with van der Waals surface area (Å²) in [5, 5.41) is 2.11. The Morgan fingerprint density at radius 3 is 2.21 bits per heavy atom. The number of fused-ring (bicyclic) bond motifs is 2. The highest BCUT2D eigenvalue weighted by Gasteiger charge is 2.29. The molecule has 28 heavy (non-hydrogen) atoms. The molecule has 0 unspecified atom stereocenters. The minimum atomic E-state index is -0.664. The number of H-pyrrole nitrogens is 2. The van der Waals surface area contributed by atoms with Gasteiger partial charge in [0.25, 0.3) is 0 Å². The third-order valence-electron chi connectivity index (χ3n) is 5.01. The average Bonchev–Trinajstić information content (AvgIpc) is 3.20. The summed E-state index contributed by atoms with van der Waals surface area (Å²) in [5.41, 5.74) is 13.4. The van der Waals surface area contributed by atoms with Crippen molar-refractivity contribution in [3.8, 4) is 0 Å². The molecule has 2 aromatic heterocycles. The van der Waals surface area contributed by atoms with Crippen LogP contribution < -0.4 is 32.6 Å². The van der Waals surface area contributed by atoms with Gasteiger partial charge in [-0.05, 0) is 49.2 Å². The highest BCUT2D eigenvalue weighted by atomic mass is 16.2. The molecular weight excluding hydrogens is 360 g/mol. The summed E-state index contributed by atoms with van der Waals surface area (Å²) >= 11 is 0. The quantitative estimate of drug-likeness (QED) is 0.392. The second-order valence-electron chi connectivity index (χ2n) is 6.72. The van der Waals surface area contributed by atoms with Gasteiger partial charge in [0, 0.05) is 22.7 Å². The Kier molecular flexibility index (Phi) is 4.29. The molecule has 2 aromatic rings. The van der Waals surface area contributed by atoms with Gasteiger partial charge in [0.2, 0.25) is 23.1 Å². The van der Waals surface area contributed by atoms with Crippen LogP contribution in [-0.4, -0.2) is 46.2 Å². The van der Waals surface area contributed by atoms with Gasteiger partial charge in [-0.2, -0.15) is 0 Å². The summed E-state index contributed by atoms with van der Waals surface area (Å²) in [6.07, 6.45) is 6.43. The molecule has 0 atom stereocenters. The summed E-state index contributed by atoms with van der Waals surface area (Å²) in [4.78, 5) is 54.9. The zero-order valence-electron chi connectivity index (χ0n) is 14.9. The number of rotatable bonds is 5. The van der Waals surface area contributed by atoms with Crippen molar-refractivity contribution < 1.29 is 19.2 Å². The largest absolute Gasteiger partial charge is 0.360 e. The maximum Gasteiger partial charge on any atom is 0.237 e. The Morgan fingerprint density at radius 2 is 1.50 bits per heavy atom. The summed E-state index contributed by atoms with van der Waals surface area (Å²) in [7, 11) is 0. The highest BCUT2D eigenvalue weighted by molar-refractivity contribution is 6.62. The van der Waals surface area contributed by atoms with E-state index in [1.807, 2.05) is 0 Å². The molecule has 0 fully saturated rings. The number of nitrogens with two attached hydrogens (primary N) is 2. The Bertz CT molecular complexity index is 1310. The van der Waals surface area contributed by atoms with Crippen molar-refractivity contribution in [2.45, 2.75) is 12.8 Å². The molecule has 0 spiro atoms. The second-order valence-corrected chi connectivity index (χ2v) is 6.72. The number of carbonyl (C=O) groups is 4. The van der Waals surface area contributed by atoms with Crippen molar-refractivity contribution in [1.29, 1.82) is 0 Å². The molecule has 4 rings (SSSR count). The van der Waals surface area contributed by atoms with Crippen molar-refractivity contribution in [3.63, 3.8) is 0 Å². The first-order valence-electron chi connectivity index (χ1n) is 8.90. The second kappa shape index (κ2) is 6.66. The third kappa shape index (κ3) is 2.62. The van der Waals surface area contributed by atoms with Gasteiger partial charge in [-0.1, -0.05) is 0 Å². The summed E-state index contributed by atoms with van der Waals surface area (Å²) < 4.78 is 0. The fourth-order valence-electron chi connectivity index (χ4n) is 3.76. The Morgan fingerprint density at radius 1 is 0.821 bits per heavy atom. The average molecular weight is 378 g/mol. The van der Waals surface area contributed by atoms with Crippen LogP contribution in [0.3, 0.4) is 0 Å². The number of aromatic amines is 2. The molecule has 0 aromatic carbocycles. The first kappa shape index (κ1) is 18.0. The Hall–Kier alpha value is -3.36. The van der Waals surface area contributed by atoms with Gasteiger partial charge in [0.05, 0.1) is 22.0 Å². The van der Waals surface area contributed by atoms with E-state index in [9.17, 15) is 19.2 Å². The Labute approximate surface area is 158 Å². The number of Topliss-reactive ketones (excluding diaryl/α,β-unsaturated/α-hetero) is 4. The van der Waals surface area contributed by atoms with E-state index >= 15 is 0 Å². The molecule has 142 valence electrons. The van der Waals surface area contributed by atoms with E-state index in [-0.39, 0.29) is 12.1 Å². The summed E-state index contributed by atoms with van der Waals surface area (Å²) in [6.45, 7) is 0.670. The summed E-state index contributed by atoms with van der Waals surface area (Å²) in [6, 6.07) is 0. The van der Waals surface area contributed by atoms with E-state index in [0.29, 0.717) is 51.8 Å². The van der Waals surface area contributed by atoms with Gasteiger partial charge in [-0.25, -0.2) is 0 Å². The maximum atomic E-state index is 12.8. The van der Waals surface area contributed by atoms with Gasteiger partial charge < -0.3 is 21.4 Å². The monoisotopic (exact) mass is 378 g/mol. The molecule has 0 saturated carbocycles. The number of hydrogen-bond acceptors (Lipinski definition) is 6. The molecule has 2 aliphatic rings. The lowest BCUT2D eigenvalue weighted by Gasteiger charge is -2.09. The SMILES string of the molecule is NCCc1c(C2=c3[nH]cc(CCN)c3=CC(=O)C2=O)[nH]c2c1=CC(=O)C(=O)C=2. The molecular formula is C20H18N4O4. The van der Waals surface area contributed by atoms with Crippen LogP contribution in [0.2, 0.25) is 0 Å². The number of aromatic nitrogens is 2. The van der Waals surface area contributed by atoms with Gasteiger partial charge in [-0.15, -0.1) is 0 Å². The topological polar surface area (TPSA) is 152 Å². The molecule has 0 radical (unpaired) electrons. The van der Waals surface area contributed by atoms with Gasteiger partial charge >= 0.3 is 0 Å². The predicted octanol–water partition coefficient (Wildman–Crippen LogP) is -3.81. The molecule has 2 aliphatic carbocycles. The zero-order valence-corrected chi connectivity index (χ0v) is 14.9. The van der Waals surface area contributed by atoms with E-state index in [1.165, 1.54) is 18.2 Å². The zero-order chi connectivity index (χ0) is 20.0. The van der Waals surface area contributed by atoms with Gasteiger partial charge in [0.1, 0.15) is 0 Å². The fraction of sp³-hybridized carbons (Fsp3) is 0.200. The van der Waals surface area contributed by atoms with E-state index in [4.69, 9.17) is 11.5 Å². The molecule has 2 heterocycles. The van der Waals surface area contributed by atoms with Crippen LogP contribution in [-0.2, 0) is 32.0 Å². The first-order chi connectivity index (χ1) is 13.5. The third-order valence-corrected chi connectivity index (χ3v) is 5.01. The molecule has 0 aliphatic heterocycles. The number of hydrogen-bond donors (Lipinski definition) is 4. The summed E-state index contributed by atoms with van der Waals surface area (Å²) in [5.74, 6) is -2.57. The fourth-order valence-corrected chi connectivity index (χ4v) is 3.76. The van der Waals surface area contributed by atoms with Gasteiger partial charge in [-0.3, -0.25) is 19.2 Å². The standard InChI is InChI=1S/C20H18N4O4/c21-3-1-9-8-23-18-11(9)5-16(27)20(28)17(18)19-10(2-4-22)12-6-14(25)15(26)7-13(12)24-19/h5-8,23-24H,1-4,21-22H2. The number of ketones is 4. The van der Waals surface area contributed by atoms with Crippen molar-refractivity contribution in [3.05, 3.63) is 44.2 Å². The first-order valence-corrected chi connectivity index (χ1v) is 8.90. The molecule has 8 nitrogen and oxygen atoms in total. The van der Waals surface area contributed by atoms with Crippen LogP contribution in [0.4, 0.5) is 0 Å². The van der Waals surface area contributed by atoms with Crippen molar-refractivity contribution in [2.75, 3.05) is 13.1 Å². The Balaban J connectivity index is 2.11. The minimum Gasteiger partial charge on any atom is -0.360 e. The van der Waals surface area contributed by atoms with Crippen LogP contribution in [0.5, 0.6) is 0 Å². The number of nitrogens with one attached hydrogen (secondary N) is 2. The lowest BCUT2D eigenvalue weighted by molar-refractivity contribution is -0.129. The predicted molar refractivity (Wildman–Crippen MR) is 102 cm³/mol. The van der Waals surface area contributed by atoms with Gasteiger partial charge in [0.15, 0.2) is 0 Å². The molecule has 0 saturated heterocycles. The maximum absolute atomic E-state index is 12.8.